The largest absolute Gasteiger partial charge is 0.497 e. The van der Waals surface area contributed by atoms with Gasteiger partial charge in [-0.3, -0.25) is 4.79 Å². The van der Waals surface area contributed by atoms with Crippen molar-refractivity contribution in [2.45, 2.75) is 38.4 Å². The number of hydrogen-bond acceptors (Lipinski definition) is 6. The van der Waals surface area contributed by atoms with E-state index in [0.717, 1.165) is 22.2 Å². The van der Waals surface area contributed by atoms with Crippen LogP contribution in [0.5, 0.6) is 5.75 Å². The van der Waals surface area contributed by atoms with E-state index in [1.807, 2.05) is 36.1 Å². The van der Waals surface area contributed by atoms with E-state index in [1.165, 1.54) is 6.07 Å². The van der Waals surface area contributed by atoms with Crippen LogP contribution in [0.4, 0.5) is 19.0 Å². The minimum absolute atomic E-state index is 0.0149. The van der Waals surface area contributed by atoms with Gasteiger partial charge in [0, 0.05) is 19.0 Å². The van der Waals surface area contributed by atoms with Crippen LogP contribution in [-0.2, 0) is 11.0 Å². The average molecular weight is 462 g/mol. The third-order valence-electron chi connectivity index (χ3n) is 5.93. The smallest absolute Gasteiger partial charge is 0.453 e. The quantitative estimate of drug-likeness (QED) is 0.602. The van der Waals surface area contributed by atoms with Gasteiger partial charge in [0.1, 0.15) is 11.6 Å². The van der Waals surface area contributed by atoms with Crippen LogP contribution in [0.1, 0.15) is 43.6 Å². The SMILES string of the molecule is CCC(NC(=O)C1CCN(c2ccc3nnc(C(F)(F)F)n3n2)CC1)c1ccc(OC)cc1. The van der Waals surface area contributed by atoms with Crippen molar-refractivity contribution in [1.82, 2.24) is 25.1 Å². The Kier molecular flexibility index (Phi) is 6.39. The first-order valence-corrected chi connectivity index (χ1v) is 10.8. The molecule has 8 nitrogen and oxygen atoms in total. The van der Waals surface area contributed by atoms with Crippen molar-refractivity contribution in [3.8, 4) is 5.75 Å². The summed E-state index contributed by atoms with van der Waals surface area (Å²) in [6.07, 6.45) is -2.73. The molecular formula is C22H25F3N6O2. The number of anilines is 1. The standard InChI is InChI=1S/C22H25F3N6O2/c1-3-17(14-4-6-16(33-2)7-5-14)26-20(32)15-10-12-30(13-11-15)19-9-8-18-27-28-21(22(23,24)25)31(18)29-19/h4-9,15,17H,3,10-13H2,1-2H3,(H,26,32). The number of fused-ring (bicyclic) bond motifs is 1. The molecule has 0 spiro atoms. The van der Waals surface area contributed by atoms with E-state index in [1.54, 1.807) is 13.2 Å². The molecule has 2 aromatic heterocycles. The number of rotatable bonds is 6. The number of carbonyl (C=O) groups excluding carboxylic acids is 1. The fourth-order valence-electron chi connectivity index (χ4n) is 4.04. The van der Waals surface area contributed by atoms with Crippen LogP contribution in [0.25, 0.3) is 5.65 Å². The molecule has 1 aliphatic rings. The third kappa shape index (κ3) is 4.86. The number of amides is 1. The molecule has 1 N–H and O–H groups in total. The lowest BCUT2D eigenvalue weighted by Crippen LogP contribution is -2.42. The van der Waals surface area contributed by atoms with Gasteiger partial charge < -0.3 is 15.0 Å². The maximum atomic E-state index is 13.1. The highest BCUT2D eigenvalue weighted by Crippen LogP contribution is 2.29. The van der Waals surface area contributed by atoms with E-state index >= 15 is 0 Å². The highest BCUT2D eigenvalue weighted by molar-refractivity contribution is 5.79. The van der Waals surface area contributed by atoms with Gasteiger partial charge in [-0.25, -0.2) is 0 Å². The predicted octanol–water partition coefficient (Wildman–Crippen LogP) is 3.64. The van der Waals surface area contributed by atoms with Crippen molar-refractivity contribution in [1.29, 1.82) is 0 Å². The molecule has 0 bridgehead atoms. The zero-order valence-corrected chi connectivity index (χ0v) is 18.3. The van der Waals surface area contributed by atoms with Gasteiger partial charge in [0.15, 0.2) is 5.65 Å². The van der Waals surface area contributed by atoms with Crippen LogP contribution in [0.2, 0.25) is 0 Å². The second-order valence-electron chi connectivity index (χ2n) is 7.99. The number of alkyl halides is 3. The molecule has 1 saturated heterocycles. The summed E-state index contributed by atoms with van der Waals surface area (Å²) in [6, 6.07) is 10.6. The molecule has 176 valence electrons. The Morgan fingerprint density at radius 3 is 2.45 bits per heavy atom. The molecule has 33 heavy (non-hydrogen) atoms. The molecule has 1 atom stereocenters. The Bertz CT molecular complexity index is 1110. The molecule has 1 amide bonds. The number of halogens is 3. The number of hydrogen-bond donors (Lipinski definition) is 1. The Morgan fingerprint density at radius 2 is 1.85 bits per heavy atom. The van der Waals surface area contributed by atoms with Gasteiger partial charge in [-0.1, -0.05) is 19.1 Å². The minimum Gasteiger partial charge on any atom is -0.497 e. The first kappa shape index (κ1) is 22.8. The fraction of sp³-hybridized carbons (Fsp3) is 0.455. The predicted molar refractivity (Wildman–Crippen MR) is 115 cm³/mol. The lowest BCUT2D eigenvalue weighted by atomic mass is 9.94. The van der Waals surface area contributed by atoms with Crippen LogP contribution in [0.15, 0.2) is 36.4 Å². The zero-order valence-electron chi connectivity index (χ0n) is 18.3. The number of piperidine rings is 1. The molecular weight excluding hydrogens is 437 g/mol. The first-order valence-electron chi connectivity index (χ1n) is 10.8. The Balaban J connectivity index is 1.39. The van der Waals surface area contributed by atoms with Crippen LogP contribution >= 0.6 is 0 Å². The molecule has 3 heterocycles. The average Bonchev–Trinajstić information content (AvgIpc) is 3.26. The van der Waals surface area contributed by atoms with Crippen molar-refractivity contribution in [2.75, 3.05) is 25.1 Å². The van der Waals surface area contributed by atoms with Crippen LogP contribution in [-0.4, -0.2) is 45.9 Å². The van der Waals surface area contributed by atoms with Gasteiger partial charge in [-0.05, 0) is 49.1 Å². The van der Waals surface area contributed by atoms with Crippen molar-refractivity contribution in [3.63, 3.8) is 0 Å². The van der Waals surface area contributed by atoms with Gasteiger partial charge in [-0.15, -0.1) is 15.3 Å². The van der Waals surface area contributed by atoms with Crippen molar-refractivity contribution < 1.29 is 22.7 Å². The summed E-state index contributed by atoms with van der Waals surface area (Å²) >= 11 is 0. The number of carbonyl (C=O) groups is 1. The molecule has 1 unspecified atom stereocenters. The number of nitrogens with one attached hydrogen (secondary N) is 1. The third-order valence-corrected chi connectivity index (χ3v) is 5.93. The zero-order chi connectivity index (χ0) is 23.6. The number of ether oxygens (including phenoxy) is 1. The van der Waals surface area contributed by atoms with E-state index in [4.69, 9.17) is 4.74 Å². The first-order chi connectivity index (χ1) is 15.8. The molecule has 1 aromatic carbocycles. The minimum atomic E-state index is -4.64. The van der Waals surface area contributed by atoms with E-state index < -0.39 is 12.0 Å². The van der Waals surface area contributed by atoms with Crippen molar-refractivity contribution in [3.05, 3.63) is 47.8 Å². The van der Waals surface area contributed by atoms with E-state index in [9.17, 15) is 18.0 Å². The maximum Gasteiger partial charge on any atom is 0.453 e. The van der Waals surface area contributed by atoms with Gasteiger partial charge in [0.25, 0.3) is 5.82 Å². The number of benzene rings is 1. The normalized spacial score (nSPS) is 16.1. The highest BCUT2D eigenvalue weighted by atomic mass is 19.4. The molecule has 1 fully saturated rings. The Labute approximate surface area is 188 Å². The number of methoxy groups -OCH3 is 1. The molecule has 0 aliphatic carbocycles. The maximum absolute atomic E-state index is 13.1. The Hall–Kier alpha value is -3.37. The summed E-state index contributed by atoms with van der Waals surface area (Å²) in [4.78, 5) is 14.8. The van der Waals surface area contributed by atoms with Gasteiger partial charge in [-0.2, -0.15) is 17.7 Å². The molecule has 0 radical (unpaired) electrons. The van der Waals surface area contributed by atoms with Gasteiger partial charge in [0.2, 0.25) is 5.91 Å². The van der Waals surface area contributed by atoms with E-state index in [0.29, 0.717) is 31.7 Å². The van der Waals surface area contributed by atoms with Crippen LogP contribution in [0.3, 0.4) is 0 Å². The van der Waals surface area contributed by atoms with Gasteiger partial charge >= 0.3 is 6.18 Å². The van der Waals surface area contributed by atoms with E-state index in [-0.39, 0.29) is 23.5 Å². The summed E-state index contributed by atoms with van der Waals surface area (Å²) in [5.74, 6) is -0.182. The molecule has 1 aliphatic heterocycles. The summed E-state index contributed by atoms with van der Waals surface area (Å²) in [7, 11) is 1.61. The summed E-state index contributed by atoms with van der Waals surface area (Å²) in [5, 5.41) is 14.0. The fourth-order valence-corrected chi connectivity index (χ4v) is 4.04. The summed E-state index contributed by atoms with van der Waals surface area (Å²) in [5.41, 5.74) is 1.04. The lowest BCUT2D eigenvalue weighted by Gasteiger charge is -2.32. The number of nitrogens with zero attached hydrogens (tertiary/aromatic N) is 5. The molecule has 11 heteroatoms. The summed E-state index contributed by atoms with van der Waals surface area (Å²) in [6.45, 7) is 3.04. The number of aromatic nitrogens is 4. The monoisotopic (exact) mass is 462 g/mol. The van der Waals surface area contributed by atoms with Crippen LogP contribution in [0, 0.1) is 5.92 Å². The molecule has 3 aromatic rings. The Morgan fingerprint density at radius 1 is 1.15 bits per heavy atom. The van der Waals surface area contributed by atoms with Crippen molar-refractivity contribution >= 4 is 17.4 Å². The van der Waals surface area contributed by atoms with Gasteiger partial charge in [0.05, 0.1) is 13.2 Å². The van der Waals surface area contributed by atoms with Crippen LogP contribution < -0.4 is 15.0 Å². The topological polar surface area (TPSA) is 84.7 Å². The lowest BCUT2D eigenvalue weighted by molar-refractivity contribution is -0.146. The molecule has 4 rings (SSSR count). The summed E-state index contributed by atoms with van der Waals surface area (Å²) < 4.78 is 45.3. The second-order valence-corrected chi connectivity index (χ2v) is 7.99. The van der Waals surface area contributed by atoms with E-state index in [2.05, 4.69) is 20.6 Å². The van der Waals surface area contributed by atoms with Crippen molar-refractivity contribution in [2.24, 2.45) is 5.92 Å². The molecule has 0 saturated carbocycles. The highest BCUT2D eigenvalue weighted by Gasteiger charge is 2.38. The second kappa shape index (κ2) is 9.24.